The van der Waals surface area contributed by atoms with Crippen LogP contribution in [-0.4, -0.2) is 28.1 Å². The van der Waals surface area contributed by atoms with E-state index in [4.69, 9.17) is 10.5 Å². The molecule has 1 rings (SSSR count). The van der Waals surface area contributed by atoms with Gasteiger partial charge in [0.15, 0.2) is 5.49 Å². The molecule has 0 aromatic carbocycles. The van der Waals surface area contributed by atoms with Crippen molar-refractivity contribution < 1.29 is 9.94 Å². The Morgan fingerprint density at radius 2 is 1.90 bits per heavy atom. The number of nitrogens with zero attached hydrogens (tertiary/aromatic N) is 3. The van der Waals surface area contributed by atoms with Gasteiger partial charge in [-0.25, -0.2) is 0 Å². The van der Waals surface area contributed by atoms with Crippen LogP contribution in [0.3, 0.4) is 0 Å². The first-order valence-electron chi connectivity index (χ1n) is 7.91. The van der Waals surface area contributed by atoms with Gasteiger partial charge in [-0.3, -0.25) is 4.99 Å². The van der Waals surface area contributed by atoms with E-state index >= 15 is 0 Å². The molecule has 0 aliphatic carbocycles. The summed E-state index contributed by atoms with van der Waals surface area (Å²) in [5.74, 6) is 0.407. The molecule has 0 saturated heterocycles. The number of hydrogen-bond donors (Lipinski definition) is 2. The minimum atomic E-state index is -0.00580. The average molecular weight is 296 g/mol. The van der Waals surface area contributed by atoms with Gasteiger partial charge in [0.05, 0.1) is 6.61 Å². The minimum absolute atomic E-state index is 0.00580. The predicted molar refractivity (Wildman–Crippen MR) is 83.4 cm³/mol. The van der Waals surface area contributed by atoms with Crippen molar-refractivity contribution in [3.63, 3.8) is 0 Å². The molecule has 0 fully saturated rings. The van der Waals surface area contributed by atoms with Crippen LogP contribution in [0.1, 0.15) is 58.8 Å². The fourth-order valence-electron chi connectivity index (χ4n) is 1.90. The Balaban J connectivity index is 2.62. The Labute approximate surface area is 126 Å². The molecule has 0 radical (unpaired) electrons. The van der Waals surface area contributed by atoms with Crippen LogP contribution in [0.5, 0.6) is 5.88 Å². The molecule has 0 saturated carbocycles. The van der Waals surface area contributed by atoms with E-state index in [0.717, 1.165) is 30.4 Å². The van der Waals surface area contributed by atoms with E-state index in [2.05, 4.69) is 23.8 Å². The summed E-state index contributed by atoms with van der Waals surface area (Å²) in [5, 5.41) is 9.81. The maximum atomic E-state index is 9.81. The van der Waals surface area contributed by atoms with Gasteiger partial charge in [-0.15, -0.1) is 4.73 Å². The largest absolute Gasteiger partial charge is 0.477 e. The molecule has 0 bridgehead atoms. The third-order valence-electron chi connectivity index (χ3n) is 3.19. The Hall–Kier alpha value is -1.72. The summed E-state index contributed by atoms with van der Waals surface area (Å²) in [6.07, 6.45) is 7.90. The predicted octanol–water partition coefficient (Wildman–Crippen LogP) is 2.75. The number of unbranched alkanes of at least 4 members (excludes halogenated alkanes) is 5. The average Bonchev–Trinajstić information content (AvgIpc) is 2.47. The second-order valence-electron chi connectivity index (χ2n) is 5.12. The summed E-state index contributed by atoms with van der Waals surface area (Å²) < 4.78 is 6.31. The summed E-state index contributed by atoms with van der Waals surface area (Å²) >= 11 is 0. The lowest BCUT2D eigenvalue weighted by molar-refractivity contribution is 0.171. The van der Waals surface area contributed by atoms with Gasteiger partial charge in [0.1, 0.15) is 0 Å². The normalized spacial score (nSPS) is 11.8. The van der Waals surface area contributed by atoms with Crippen molar-refractivity contribution in [1.29, 1.82) is 0 Å². The Kier molecular flexibility index (Phi) is 8.31. The summed E-state index contributed by atoms with van der Waals surface area (Å²) in [6, 6.07) is 1.62. The number of aromatic nitrogens is 2. The molecule has 0 atom stereocenters. The Morgan fingerprint density at radius 1 is 1.19 bits per heavy atom. The van der Waals surface area contributed by atoms with Crippen molar-refractivity contribution in [3.05, 3.63) is 11.6 Å². The van der Waals surface area contributed by atoms with E-state index in [9.17, 15) is 5.21 Å². The number of hydrogen-bond acceptors (Lipinski definition) is 5. The van der Waals surface area contributed by atoms with Crippen molar-refractivity contribution in [3.8, 4) is 5.88 Å². The monoisotopic (exact) mass is 296 g/mol. The zero-order chi connectivity index (χ0) is 15.5. The van der Waals surface area contributed by atoms with Crippen molar-refractivity contribution in [2.45, 2.75) is 58.8 Å². The lowest BCUT2D eigenvalue weighted by Gasteiger charge is -2.07. The molecular formula is C15H28N4O2. The zero-order valence-corrected chi connectivity index (χ0v) is 13.2. The molecular weight excluding hydrogens is 268 g/mol. The van der Waals surface area contributed by atoms with Gasteiger partial charge in [-0.05, 0) is 12.8 Å². The second kappa shape index (κ2) is 10.1. The van der Waals surface area contributed by atoms with E-state index in [0.29, 0.717) is 24.5 Å². The fourth-order valence-corrected chi connectivity index (χ4v) is 1.90. The van der Waals surface area contributed by atoms with Crippen molar-refractivity contribution in [1.82, 2.24) is 9.71 Å². The van der Waals surface area contributed by atoms with E-state index < -0.39 is 0 Å². The van der Waals surface area contributed by atoms with Crippen molar-refractivity contribution in [2.75, 3.05) is 18.9 Å². The molecule has 0 amide bonds. The molecule has 0 unspecified atom stereocenters. The summed E-state index contributed by atoms with van der Waals surface area (Å²) in [4.78, 5) is 8.35. The first-order chi connectivity index (χ1) is 10.2. The molecule has 0 aliphatic heterocycles. The number of rotatable bonds is 10. The van der Waals surface area contributed by atoms with Crippen LogP contribution in [0.25, 0.3) is 0 Å². The molecule has 21 heavy (non-hydrogen) atoms. The van der Waals surface area contributed by atoms with Crippen LogP contribution >= 0.6 is 0 Å². The van der Waals surface area contributed by atoms with E-state index in [1.54, 1.807) is 6.07 Å². The van der Waals surface area contributed by atoms with E-state index in [1.165, 1.54) is 19.3 Å². The molecule has 0 aliphatic rings. The molecule has 1 heterocycles. The van der Waals surface area contributed by atoms with Gasteiger partial charge in [-0.2, -0.15) is 4.98 Å². The topological polar surface area (TPSA) is 85.7 Å². The van der Waals surface area contributed by atoms with Crippen LogP contribution in [0.2, 0.25) is 0 Å². The van der Waals surface area contributed by atoms with Crippen molar-refractivity contribution in [2.24, 2.45) is 4.99 Å². The third-order valence-corrected chi connectivity index (χ3v) is 3.19. The lowest BCUT2D eigenvalue weighted by Crippen LogP contribution is -2.24. The fraction of sp³-hybridized carbons (Fsp3) is 0.733. The number of nitrogens with two attached hydrogens (primary N) is 1. The van der Waals surface area contributed by atoms with Gasteiger partial charge in [0.25, 0.3) is 0 Å². The van der Waals surface area contributed by atoms with Crippen LogP contribution in [0, 0.1) is 0 Å². The van der Waals surface area contributed by atoms with E-state index in [1.807, 2.05) is 0 Å². The quantitative estimate of drug-likeness (QED) is 0.513. The van der Waals surface area contributed by atoms with Gasteiger partial charge in [0, 0.05) is 12.6 Å². The van der Waals surface area contributed by atoms with Crippen LogP contribution in [0.15, 0.2) is 11.1 Å². The molecule has 6 nitrogen and oxygen atoms in total. The minimum Gasteiger partial charge on any atom is -0.477 e. The highest BCUT2D eigenvalue weighted by atomic mass is 16.5. The van der Waals surface area contributed by atoms with E-state index in [-0.39, 0.29) is 5.95 Å². The highest BCUT2D eigenvalue weighted by Gasteiger charge is 2.04. The summed E-state index contributed by atoms with van der Waals surface area (Å²) in [6.45, 7) is 5.55. The maximum Gasteiger partial charge on any atom is 0.239 e. The lowest BCUT2D eigenvalue weighted by atomic mass is 10.2. The molecule has 3 N–H and O–H groups in total. The van der Waals surface area contributed by atoms with Gasteiger partial charge in [0.2, 0.25) is 11.8 Å². The van der Waals surface area contributed by atoms with Gasteiger partial charge in [-0.1, -0.05) is 46.0 Å². The summed E-state index contributed by atoms with van der Waals surface area (Å²) in [5.41, 5.74) is 6.05. The maximum absolute atomic E-state index is 9.81. The smallest absolute Gasteiger partial charge is 0.239 e. The number of nitrogen functional groups attached to an aromatic ring is 1. The van der Waals surface area contributed by atoms with Gasteiger partial charge < -0.3 is 15.7 Å². The van der Waals surface area contributed by atoms with Crippen LogP contribution in [0.4, 0.5) is 5.95 Å². The third kappa shape index (κ3) is 6.51. The number of ether oxygens (including phenoxy) is 1. The highest BCUT2D eigenvalue weighted by Crippen LogP contribution is 2.06. The highest BCUT2D eigenvalue weighted by molar-refractivity contribution is 5.21. The Bertz CT molecular complexity index is 471. The first kappa shape index (κ1) is 17.3. The molecule has 6 heteroatoms. The number of anilines is 1. The van der Waals surface area contributed by atoms with Crippen LogP contribution in [-0.2, 0) is 0 Å². The first-order valence-corrected chi connectivity index (χ1v) is 7.91. The SMILES string of the molecule is CCCCCCCN=c1cc(OCCCC)nc(N)n1O. The molecule has 120 valence electrons. The zero-order valence-electron chi connectivity index (χ0n) is 13.2. The van der Waals surface area contributed by atoms with Crippen molar-refractivity contribution >= 4 is 5.95 Å². The second-order valence-corrected chi connectivity index (χ2v) is 5.12. The molecule has 0 spiro atoms. The van der Waals surface area contributed by atoms with Gasteiger partial charge >= 0.3 is 0 Å². The van der Waals surface area contributed by atoms with Crippen LogP contribution < -0.4 is 16.0 Å². The Morgan fingerprint density at radius 3 is 2.62 bits per heavy atom. The molecule has 1 aromatic rings. The summed E-state index contributed by atoms with van der Waals surface area (Å²) in [7, 11) is 0. The standard InChI is InChI=1S/C15H28N4O2/c1-3-5-7-8-9-10-17-13-12-14(21-11-6-4-2)18-15(16)19(13)20/h12,20H,3-11H2,1-2H3,(H2,16,18). The molecule has 1 aromatic heterocycles.